The molecule has 3 heterocycles. The molecule has 2 aromatic rings. The first kappa shape index (κ1) is 14.9. The molecule has 1 fully saturated rings. The molecule has 22 heavy (non-hydrogen) atoms. The van der Waals surface area contributed by atoms with Crippen molar-refractivity contribution in [2.75, 3.05) is 26.2 Å². The summed E-state index contributed by atoms with van der Waals surface area (Å²) in [5.41, 5.74) is 1.06. The van der Waals surface area contributed by atoms with Gasteiger partial charge in [-0.15, -0.1) is 0 Å². The Bertz CT molecular complexity index is 650. The predicted molar refractivity (Wildman–Crippen MR) is 86.7 cm³/mol. The van der Waals surface area contributed by atoms with Gasteiger partial charge in [0.1, 0.15) is 5.69 Å². The van der Waals surface area contributed by atoms with E-state index in [1.54, 1.807) is 12.3 Å². The van der Waals surface area contributed by atoms with Crippen molar-refractivity contribution >= 4 is 16.9 Å². The van der Waals surface area contributed by atoms with Crippen molar-refractivity contribution in [3.63, 3.8) is 0 Å². The van der Waals surface area contributed by atoms with E-state index in [-0.39, 0.29) is 5.91 Å². The number of nitrogens with zero attached hydrogens (tertiary/aromatic N) is 3. The number of nitrogens with one attached hydrogen (secondary N) is 1. The second-order valence-corrected chi connectivity index (χ2v) is 5.83. The second-order valence-electron chi connectivity index (χ2n) is 5.83. The van der Waals surface area contributed by atoms with Gasteiger partial charge in [-0.2, -0.15) is 0 Å². The number of carbonyl (C=O) groups is 1. The number of carbonyl (C=O) groups excluding carboxylic acids is 1. The van der Waals surface area contributed by atoms with Crippen molar-refractivity contribution in [3.8, 4) is 0 Å². The molecule has 3 rings (SSSR count). The average molecular weight is 298 g/mol. The van der Waals surface area contributed by atoms with Crippen LogP contribution in [0.3, 0.4) is 0 Å². The third kappa shape index (κ3) is 3.42. The molecule has 0 radical (unpaired) electrons. The van der Waals surface area contributed by atoms with E-state index in [0.29, 0.717) is 17.3 Å². The predicted octanol–water partition coefficient (Wildman–Crippen LogP) is 2.09. The van der Waals surface area contributed by atoms with Crippen LogP contribution in [0.15, 0.2) is 30.5 Å². The number of pyridine rings is 2. The SMILES string of the molecule is CCN1CCC(CNC(=O)c2ccc3cccnc3n2)CC1. The fourth-order valence-corrected chi connectivity index (χ4v) is 2.91. The van der Waals surface area contributed by atoms with E-state index >= 15 is 0 Å². The maximum atomic E-state index is 12.2. The Hall–Kier alpha value is -2.01. The highest BCUT2D eigenvalue weighted by Crippen LogP contribution is 2.16. The van der Waals surface area contributed by atoms with Gasteiger partial charge in [0.2, 0.25) is 0 Å². The van der Waals surface area contributed by atoms with E-state index in [2.05, 4.69) is 27.1 Å². The van der Waals surface area contributed by atoms with Crippen molar-refractivity contribution in [3.05, 3.63) is 36.2 Å². The molecule has 5 nitrogen and oxygen atoms in total. The van der Waals surface area contributed by atoms with Crippen LogP contribution in [0.4, 0.5) is 0 Å². The molecule has 2 aromatic heterocycles. The minimum Gasteiger partial charge on any atom is -0.350 e. The topological polar surface area (TPSA) is 58.1 Å². The lowest BCUT2D eigenvalue weighted by Gasteiger charge is -2.30. The summed E-state index contributed by atoms with van der Waals surface area (Å²) in [7, 11) is 0. The molecule has 0 atom stereocenters. The van der Waals surface area contributed by atoms with E-state index in [9.17, 15) is 4.79 Å². The highest BCUT2D eigenvalue weighted by Gasteiger charge is 2.19. The summed E-state index contributed by atoms with van der Waals surface area (Å²) < 4.78 is 0. The fourth-order valence-electron chi connectivity index (χ4n) is 2.91. The lowest BCUT2D eigenvalue weighted by Crippen LogP contribution is -2.38. The van der Waals surface area contributed by atoms with Crippen LogP contribution in [0.25, 0.3) is 11.0 Å². The number of rotatable bonds is 4. The zero-order valence-electron chi connectivity index (χ0n) is 13.0. The number of fused-ring (bicyclic) bond motifs is 1. The Morgan fingerprint density at radius 1 is 1.32 bits per heavy atom. The van der Waals surface area contributed by atoms with E-state index < -0.39 is 0 Å². The van der Waals surface area contributed by atoms with Crippen LogP contribution in [-0.4, -0.2) is 47.0 Å². The van der Waals surface area contributed by atoms with Gasteiger partial charge in [0.15, 0.2) is 5.65 Å². The van der Waals surface area contributed by atoms with Gasteiger partial charge >= 0.3 is 0 Å². The first-order valence-corrected chi connectivity index (χ1v) is 7.98. The zero-order valence-corrected chi connectivity index (χ0v) is 13.0. The Morgan fingerprint density at radius 3 is 2.91 bits per heavy atom. The normalized spacial score (nSPS) is 16.8. The summed E-state index contributed by atoms with van der Waals surface area (Å²) in [6.45, 7) is 6.32. The van der Waals surface area contributed by atoms with E-state index in [4.69, 9.17) is 0 Å². The minimum absolute atomic E-state index is 0.106. The Labute approximate surface area is 130 Å². The maximum absolute atomic E-state index is 12.2. The minimum atomic E-state index is -0.106. The van der Waals surface area contributed by atoms with Crippen LogP contribution in [0.1, 0.15) is 30.3 Å². The first-order valence-electron chi connectivity index (χ1n) is 7.98. The molecular formula is C17H22N4O. The van der Waals surface area contributed by atoms with Gasteiger partial charge in [0.25, 0.3) is 5.91 Å². The van der Waals surface area contributed by atoms with E-state index in [0.717, 1.165) is 44.4 Å². The van der Waals surface area contributed by atoms with Crippen LogP contribution in [-0.2, 0) is 0 Å². The number of likely N-dealkylation sites (tertiary alicyclic amines) is 1. The van der Waals surface area contributed by atoms with Gasteiger partial charge in [-0.3, -0.25) is 4.79 Å². The average Bonchev–Trinajstić information content (AvgIpc) is 2.59. The molecule has 1 saturated heterocycles. The van der Waals surface area contributed by atoms with Crippen LogP contribution < -0.4 is 5.32 Å². The maximum Gasteiger partial charge on any atom is 0.269 e. The molecule has 1 N–H and O–H groups in total. The quantitative estimate of drug-likeness (QED) is 0.939. The molecule has 0 spiro atoms. The standard InChI is InChI=1S/C17H22N4O/c1-2-21-10-7-13(8-11-21)12-19-17(22)15-6-5-14-4-3-9-18-16(14)20-15/h3-6,9,13H,2,7-8,10-12H2,1H3,(H,19,22). The lowest BCUT2D eigenvalue weighted by molar-refractivity contribution is 0.0932. The Morgan fingerprint density at radius 2 is 2.14 bits per heavy atom. The highest BCUT2D eigenvalue weighted by atomic mass is 16.1. The molecule has 0 unspecified atom stereocenters. The summed E-state index contributed by atoms with van der Waals surface area (Å²) in [5.74, 6) is 0.468. The number of aromatic nitrogens is 2. The first-order chi connectivity index (χ1) is 10.8. The van der Waals surface area contributed by atoms with Gasteiger partial charge in [-0.25, -0.2) is 9.97 Å². The molecule has 1 aliphatic rings. The zero-order chi connectivity index (χ0) is 15.4. The molecule has 0 bridgehead atoms. The summed E-state index contributed by atoms with van der Waals surface area (Å²) >= 11 is 0. The van der Waals surface area contributed by atoms with Crippen molar-refractivity contribution in [1.29, 1.82) is 0 Å². The van der Waals surface area contributed by atoms with Gasteiger partial charge in [-0.05, 0) is 62.7 Å². The monoisotopic (exact) mass is 298 g/mol. The van der Waals surface area contributed by atoms with Crippen LogP contribution in [0.2, 0.25) is 0 Å². The number of amides is 1. The van der Waals surface area contributed by atoms with E-state index in [1.165, 1.54) is 0 Å². The summed E-state index contributed by atoms with van der Waals surface area (Å²) in [4.78, 5) is 23.2. The fraction of sp³-hybridized carbons (Fsp3) is 0.471. The van der Waals surface area contributed by atoms with Gasteiger partial charge < -0.3 is 10.2 Å². The van der Waals surface area contributed by atoms with Crippen molar-refractivity contribution < 1.29 is 4.79 Å². The van der Waals surface area contributed by atoms with Gasteiger partial charge in [0, 0.05) is 18.1 Å². The van der Waals surface area contributed by atoms with E-state index in [1.807, 2.05) is 18.2 Å². The largest absolute Gasteiger partial charge is 0.350 e. The van der Waals surface area contributed by atoms with Crippen molar-refractivity contribution in [2.24, 2.45) is 5.92 Å². The number of hydrogen-bond donors (Lipinski definition) is 1. The van der Waals surface area contributed by atoms with Crippen molar-refractivity contribution in [1.82, 2.24) is 20.2 Å². The van der Waals surface area contributed by atoms with Crippen LogP contribution in [0, 0.1) is 5.92 Å². The molecule has 0 saturated carbocycles. The molecule has 1 amide bonds. The summed E-state index contributed by atoms with van der Waals surface area (Å²) in [5, 5.41) is 3.97. The number of hydrogen-bond acceptors (Lipinski definition) is 4. The van der Waals surface area contributed by atoms with Gasteiger partial charge in [-0.1, -0.05) is 6.92 Å². The Kier molecular flexibility index (Phi) is 4.63. The molecule has 5 heteroatoms. The van der Waals surface area contributed by atoms with Crippen LogP contribution in [0.5, 0.6) is 0 Å². The molecule has 116 valence electrons. The van der Waals surface area contributed by atoms with Gasteiger partial charge in [0.05, 0.1) is 0 Å². The molecule has 0 aromatic carbocycles. The third-order valence-electron chi connectivity index (χ3n) is 4.40. The summed E-state index contributed by atoms with van der Waals surface area (Å²) in [6, 6.07) is 7.47. The smallest absolute Gasteiger partial charge is 0.269 e. The number of piperidine rings is 1. The van der Waals surface area contributed by atoms with Crippen LogP contribution >= 0.6 is 0 Å². The Balaban J connectivity index is 1.57. The molecule has 1 aliphatic heterocycles. The lowest BCUT2D eigenvalue weighted by atomic mass is 9.97. The highest BCUT2D eigenvalue weighted by molar-refractivity contribution is 5.94. The molecule has 0 aliphatic carbocycles. The third-order valence-corrected chi connectivity index (χ3v) is 4.40. The molecular weight excluding hydrogens is 276 g/mol. The second kappa shape index (κ2) is 6.83. The summed E-state index contributed by atoms with van der Waals surface area (Å²) in [6.07, 6.45) is 4.00. The van der Waals surface area contributed by atoms with Crippen molar-refractivity contribution in [2.45, 2.75) is 19.8 Å².